The van der Waals surface area contributed by atoms with E-state index in [1.165, 1.54) is 0 Å². The van der Waals surface area contributed by atoms with Crippen molar-refractivity contribution in [3.63, 3.8) is 0 Å². The molecule has 0 bridgehead atoms. The minimum absolute atomic E-state index is 0.0509. The molecule has 0 spiro atoms. The fourth-order valence-corrected chi connectivity index (χ4v) is 1.24. The lowest BCUT2D eigenvalue weighted by molar-refractivity contribution is -0.140. The van der Waals surface area contributed by atoms with Crippen LogP contribution in [0.5, 0.6) is 0 Å². The predicted octanol–water partition coefficient (Wildman–Crippen LogP) is 1.25. The smallest absolute Gasteiger partial charge is 0.320 e. The number of aliphatic carboxylic acids is 1. The quantitative estimate of drug-likeness (QED) is 0.612. The molecule has 3 atom stereocenters. The second kappa shape index (κ2) is 4.93. The lowest BCUT2D eigenvalue weighted by atomic mass is 9.86. The molecule has 0 aromatic heterocycles. The van der Waals surface area contributed by atoms with Gasteiger partial charge in [0.15, 0.2) is 0 Å². The molecule has 0 amide bonds. The zero-order valence-corrected chi connectivity index (χ0v) is 7.66. The van der Waals surface area contributed by atoms with Crippen LogP contribution in [0.15, 0.2) is 12.7 Å². The molecule has 70 valence electrons. The van der Waals surface area contributed by atoms with Gasteiger partial charge in [-0.25, -0.2) is 0 Å². The van der Waals surface area contributed by atoms with Crippen molar-refractivity contribution in [3.05, 3.63) is 12.7 Å². The average Bonchev–Trinajstić information content (AvgIpc) is 2.05. The van der Waals surface area contributed by atoms with Crippen molar-refractivity contribution in [1.29, 1.82) is 0 Å². The van der Waals surface area contributed by atoms with Crippen molar-refractivity contribution in [2.24, 2.45) is 17.6 Å². The molecule has 0 aliphatic rings. The molecule has 3 nitrogen and oxygen atoms in total. The molecule has 3 N–H and O–H groups in total. The summed E-state index contributed by atoms with van der Waals surface area (Å²) in [5.41, 5.74) is 5.46. The molecule has 0 saturated heterocycles. The standard InChI is InChI=1S/C9H17NO2/c1-4-7(5-2)6(3)8(10)9(11)12/h4,6-8H,1,5,10H2,2-3H3,(H,11,12)/t6-,7-,8-/m0/s1. The van der Waals surface area contributed by atoms with E-state index in [2.05, 4.69) is 6.58 Å². The van der Waals surface area contributed by atoms with E-state index >= 15 is 0 Å². The van der Waals surface area contributed by atoms with Crippen LogP contribution in [0.1, 0.15) is 20.3 Å². The molecular formula is C9H17NO2. The number of carboxylic acid groups (broad SMARTS) is 1. The van der Waals surface area contributed by atoms with Crippen LogP contribution in [0.4, 0.5) is 0 Å². The van der Waals surface area contributed by atoms with Crippen LogP contribution in [-0.4, -0.2) is 17.1 Å². The highest BCUT2D eigenvalue weighted by atomic mass is 16.4. The summed E-state index contributed by atoms with van der Waals surface area (Å²) in [4.78, 5) is 10.5. The van der Waals surface area contributed by atoms with E-state index in [0.29, 0.717) is 0 Å². The van der Waals surface area contributed by atoms with Gasteiger partial charge in [0.2, 0.25) is 0 Å². The average molecular weight is 171 g/mol. The van der Waals surface area contributed by atoms with Gasteiger partial charge in [0.25, 0.3) is 0 Å². The predicted molar refractivity (Wildman–Crippen MR) is 48.8 cm³/mol. The van der Waals surface area contributed by atoms with Crippen molar-refractivity contribution in [2.75, 3.05) is 0 Å². The van der Waals surface area contributed by atoms with Gasteiger partial charge in [0, 0.05) is 0 Å². The van der Waals surface area contributed by atoms with Crippen LogP contribution in [0, 0.1) is 11.8 Å². The minimum Gasteiger partial charge on any atom is -0.480 e. The summed E-state index contributed by atoms with van der Waals surface area (Å²) < 4.78 is 0. The SMILES string of the molecule is C=C[C@@H](CC)[C@H](C)[C@H](N)C(=O)O. The van der Waals surface area contributed by atoms with Crippen molar-refractivity contribution in [3.8, 4) is 0 Å². The minimum atomic E-state index is -0.942. The Labute approximate surface area is 73.3 Å². The number of carbonyl (C=O) groups is 1. The third-order valence-electron chi connectivity index (χ3n) is 2.30. The van der Waals surface area contributed by atoms with Gasteiger partial charge >= 0.3 is 5.97 Å². The molecule has 0 aromatic carbocycles. The lowest BCUT2D eigenvalue weighted by Gasteiger charge is -2.22. The molecule has 12 heavy (non-hydrogen) atoms. The third kappa shape index (κ3) is 2.66. The summed E-state index contributed by atoms with van der Waals surface area (Å²) in [7, 11) is 0. The van der Waals surface area contributed by atoms with Crippen molar-refractivity contribution >= 4 is 5.97 Å². The Bertz CT molecular complexity index is 166. The Morgan fingerprint density at radius 3 is 2.50 bits per heavy atom. The molecule has 3 heteroatoms. The summed E-state index contributed by atoms with van der Waals surface area (Å²) in [5, 5.41) is 8.63. The monoisotopic (exact) mass is 171 g/mol. The lowest BCUT2D eigenvalue weighted by Crippen LogP contribution is -2.39. The second-order valence-electron chi connectivity index (χ2n) is 3.03. The Hall–Kier alpha value is -0.830. The zero-order chi connectivity index (χ0) is 9.72. The number of hydrogen-bond acceptors (Lipinski definition) is 2. The Morgan fingerprint density at radius 2 is 2.25 bits per heavy atom. The first-order chi connectivity index (χ1) is 5.54. The van der Waals surface area contributed by atoms with Crippen LogP contribution >= 0.6 is 0 Å². The fourth-order valence-electron chi connectivity index (χ4n) is 1.24. The van der Waals surface area contributed by atoms with Crippen LogP contribution in [-0.2, 0) is 4.79 Å². The molecule has 0 aliphatic heterocycles. The molecule has 0 saturated carbocycles. The normalized spacial score (nSPS) is 17.9. The summed E-state index contributed by atoms with van der Waals surface area (Å²) in [6, 6.07) is -0.784. The first kappa shape index (κ1) is 11.2. The van der Waals surface area contributed by atoms with E-state index in [4.69, 9.17) is 10.8 Å². The number of carboxylic acids is 1. The highest BCUT2D eigenvalue weighted by Gasteiger charge is 2.24. The fraction of sp³-hybridized carbons (Fsp3) is 0.667. The molecule has 0 rings (SSSR count). The molecule has 0 unspecified atom stereocenters. The highest BCUT2D eigenvalue weighted by Crippen LogP contribution is 2.18. The number of nitrogens with two attached hydrogens (primary N) is 1. The van der Waals surface area contributed by atoms with E-state index in [1.54, 1.807) is 6.08 Å². The molecule has 0 radical (unpaired) electrons. The number of hydrogen-bond donors (Lipinski definition) is 2. The van der Waals surface area contributed by atoms with Crippen molar-refractivity contribution in [1.82, 2.24) is 0 Å². The zero-order valence-electron chi connectivity index (χ0n) is 7.66. The van der Waals surface area contributed by atoms with Gasteiger partial charge in [0.1, 0.15) is 6.04 Å². The van der Waals surface area contributed by atoms with Crippen LogP contribution in [0.2, 0.25) is 0 Å². The van der Waals surface area contributed by atoms with Gasteiger partial charge in [-0.3, -0.25) is 4.79 Å². The third-order valence-corrected chi connectivity index (χ3v) is 2.30. The number of rotatable bonds is 5. The van der Waals surface area contributed by atoms with Gasteiger partial charge in [-0.15, -0.1) is 6.58 Å². The highest BCUT2D eigenvalue weighted by molar-refractivity contribution is 5.73. The summed E-state index contributed by atoms with van der Waals surface area (Å²) >= 11 is 0. The van der Waals surface area contributed by atoms with Gasteiger partial charge in [0.05, 0.1) is 0 Å². The Balaban J connectivity index is 4.24. The summed E-state index contributed by atoms with van der Waals surface area (Å²) in [6.07, 6.45) is 2.65. The van der Waals surface area contributed by atoms with E-state index < -0.39 is 12.0 Å². The maximum atomic E-state index is 10.5. The van der Waals surface area contributed by atoms with E-state index in [9.17, 15) is 4.79 Å². The molecule has 0 heterocycles. The molecule has 0 fully saturated rings. The molecule has 0 aliphatic carbocycles. The summed E-state index contributed by atoms with van der Waals surface area (Å²) in [5.74, 6) is -0.802. The van der Waals surface area contributed by atoms with E-state index in [0.717, 1.165) is 6.42 Å². The first-order valence-corrected chi connectivity index (χ1v) is 4.15. The first-order valence-electron chi connectivity index (χ1n) is 4.15. The van der Waals surface area contributed by atoms with Gasteiger partial charge in [-0.05, 0) is 18.3 Å². The van der Waals surface area contributed by atoms with Gasteiger partial charge < -0.3 is 10.8 Å². The Morgan fingerprint density at radius 1 is 1.75 bits per heavy atom. The summed E-state index contributed by atoms with van der Waals surface area (Å²) in [6.45, 7) is 7.49. The van der Waals surface area contributed by atoms with Crippen LogP contribution < -0.4 is 5.73 Å². The second-order valence-corrected chi connectivity index (χ2v) is 3.03. The molecular weight excluding hydrogens is 154 g/mol. The maximum absolute atomic E-state index is 10.5. The maximum Gasteiger partial charge on any atom is 0.320 e. The topological polar surface area (TPSA) is 63.3 Å². The van der Waals surface area contributed by atoms with Gasteiger partial charge in [-0.2, -0.15) is 0 Å². The Kier molecular flexibility index (Phi) is 4.59. The van der Waals surface area contributed by atoms with Crippen LogP contribution in [0.25, 0.3) is 0 Å². The van der Waals surface area contributed by atoms with E-state index in [1.807, 2.05) is 13.8 Å². The van der Waals surface area contributed by atoms with Crippen molar-refractivity contribution in [2.45, 2.75) is 26.3 Å². The molecule has 0 aromatic rings. The van der Waals surface area contributed by atoms with Gasteiger partial charge in [-0.1, -0.05) is 19.9 Å². The number of allylic oxidation sites excluding steroid dienone is 1. The van der Waals surface area contributed by atoms with Crippen LogP contribution in [0.3, 0.4) is 0 Å². The largest absolute Gasteiger partial charge is 0.480 e. The van der Waals surface area contributed by atoms with Crippen molar-refractivity contribution < 1.29 is 9.90 Å². The van der Waals surface area contributed by atoms with E-state index in [-0.39, 0.29) is 11.8 Å².